The van der Waals surface area contributed by atoms with Crippen molar-refractivity contribution in [2.75, 3.05) is 0 Å². The first kappa shape index (κ1) is 39.2. The Kier molecular flexibility index (Phi) is 9.04. The van der Waals surface area contributed by atoms with E-state index in [4.69, 9.17) is 14.4 Å². The molecule has 0 aliphatic carbocycles. The molecule has 0 spiro atoms. The fourth-order valence-corrected chi connectivity index (χ4v) is 9.14. The number of furan rings is 1. The van der Waals surface area contributed by atoms with Crippen molar-refractivity contribution in [3.8, 4) is 45.2 Å². The minimum atomic E-state index is -0.366. The lowest BCUT2D eigenvalue weighted by molar-refractivity contribution is 0.446. The summed E-state index contributed by atoms with van der Waals surface area (Å²) in [4.78, 5) is 10.6. The predicted octanol–water partition coefficient (Wildman–Crippen LogP) is 15.1. The number of aromatic nitrogens is 3. The van der Waals surface area contributed by atoms with E-state index in [1.54, 1.807) is 0 Å². The van der Waals surface area contributed by atoms with E-state index < -0.39 is 0 Å². The Morgan fingerprint density at radius 1 is 0.565 bits per heavy atom. The van der Waals surface area contributed by atoms with Gasteiger partial charge < -0.3 is 9.52 Å². The molecule has 5 heteroatoms. The van der Waals surface area contributed by atoms with Gasteiger partial charge in [-0.3, -0.25) is 9.55 Å². The van der Waals surface area contributed by atoms with Crippen LogP contribution in [0.3, 0.4) is 0 Å². The molecule has 0 atom stereocenters. The van der Waals surface area contributed by atoms with Crippen molar-refractivity contribution in [2.45, 2.75) is 71.6 Å². The van der Waals surface area contributed by atoms with E-state index in [1.165, 1.54) is 10.9 Å². The van der Waals surface area contributed by atoms with Crippen molar-refractivity contribution in [1.82, 2.24) is 14.5 Å². The fraction of sp³-hybridized carbons (Fsp3) is 0.193. The number of phenolic OH excluding ortho intramolecular Hbond substituents is 1. The van der Waals surface area contributed by atoms with Crippen LogP contribution in [0.25, 0.3) is 83.2 Å². The number of rotatable bonds is 6. The Hall–Kier alpha value is -6.98. The zero-order valence-electron chi connectivity index (χ0n) is 36.7. The molecule has 10 rings (SSSR count). The van der Waals surface area contributed by atoms with Crippen molar-refractivity contribution < 1.29 is 9.52 Å². The average molecular weight is 810 g/mol. The van der Waals surface area contributed by atoms with E-state index >= 15 is 0 Å². The van der Waals surface area contributed by atoms with Gasteiger partial charge in [0.15, 0.2) is 5.58 Å². The van der Waals surface area contributed by atoms with Crippen molar-refractivity contribution in [3.63, 3.8) is 0 Å². The summed E-state index contributed by atoms with van der Waals surface area (Å²) in [6, 6.07) is 53.3. The summed E-state index contributed by atoms with van der Waals surface area (Å²) in [5, 5.41) is 16.7. The Labute approximate surface area is 363 Å². The highest BCUT2D eigenvalue weighted by Gasteiger charge is 2.30. The van der Waals surface area contributed by atoms with Gasteiger partial charge in [0.2, 0.25) is 0 Å². The van der Waals surface area contributed by atoms with Crippen LogP contribution in [0.5, 0.6) is 5.75 Å². The molecule has 10 aromatic rings. The zero-order valence-corrected chi connectivity index (χ0v) is 36.7. The van der Waals surface area contributed by atoms with Gasteiger partial charge in [-0.25, -0.2) is 4.98 Å². The van der Waals surface area contributed by atoms with Gasteiger partial charge in [-0.2, -0.15) is 0 Å². The maximum absolute atomic E-state index is 12.3. The number of pyridine rings is 1. The number of fused-ring (bicyclic) bond motifs is 6. The lowest BCUT2D eigenvalue weighted by Crippen LogP contribution is -2.19. The molecule has 3 heterocycles. The summed E-state index contributed by atoms with van der Waals surface area (Å²) < 4.78 is 8.97. The Bertz CT molecular complexity index is 3340. The highest BCUT2D eigenvalue weighted by atomic mass is 16.3. The number of nitrogens with zero attached hydrogens (tertiary/aromatic N) is 3. The molecule has 0 amide bonds. The average Bonchev–Trinajstić information content (AvgIpc) is 3.85. The van der Waals surface area contributed by atoms with Gasteiger partial charge in [0, 0.05) is 44.8 Å². The van der Waals surface area contributed by atoms with Crippen LogP contribution in [0.15, 0.2) is 162 Å². The van der Waals surface area contributed by atoms with Crippen LogP contribution < -0.4 is 0 Å². The molecule has 0 unspecified atom stereocenters. The Morgan fingerprint density at radius 3 is 2.02 bits per heavy atom. The third-order valence-electron chi connectivity index (χ3n) is 12.7. The van der Waals surface area contributed by atoms with Gasteiger partial charge in [0.1, 0.15) is 22.9 Å². The number of aromatic hydroxyl groups is 1. The minimum absolute atomic E-state index is 0.163. The summed E-state index contributed by atoms with van der Waals surface area (Å²) in [5.41, 5.74) is 12.4. The molecule has 0 saturated carbocycles. The molecule has 0 aliphatic rings. The lowest BCUT2D eigenvalue weighted by atomic mass is 9.76. The second-order valence-corrected chi connectivity index (χ2v) is 19.3. The molecule has 0 fully saturated rings. The van der Waals surface area contributed by atoms with E-state index in [-0.39, 0.29) is 22.0 Å². The summed E-state index contributed by atoms with van der Waals surface area (Å²) in [7, 11) is 0. The van der Waals surface area contributed by atoms with Gasteiger partial charge in [-0.05, 0) is 92.4 Å². The fourth-order valence-electron chi connectivity index (χ4n) is 9.14. The molecule has 0 bridgehead atoms. The van der Waals surface area contributed by atoms with Gasteiger partial charge in [-0.1, -0.05) is 159 Å². The monoisotopic (exact) mass is 809 g/mol. The topological polar surface area (TPSA) is 64.1 Å². The molecule has 7 aromatic carbocycles. The van der Waals surface area contributed by atoms with Crippen LogP contribution in [0.1, 0.15) is 77.6 Å². The second-order valence-electron chi connectivity index (χ2n) is 19.3. The first-order valence-electron chi connectivity index (χ1n) is 21.5. The number of benzene rings is 7. The van der Waals surface area contributed by atoms with Crippen LogP contribution in [0, 0.1) is 0 Å². The van der Waals surface area contributed by atoms with E-state index in [0.717, 1.165) is 83.1 Å². The number of imidazole rings is 1. The Morgan fingerprint density at radius 2 is 1.27 bits per heavy atom. The van der Waals surface area contributed by atoms with Crippen molar-refractivity contribution >= 4 is 43.7 Å². The van der Waals surface area contributed by atoms with Gasteiger partial charge in [-0.15, -0.1) is 0 Å². The third kappa shape index (κ3) is 6.46. The maximum Gasteiger partial charge on any atom is 0.161 e. The van der Waals surface area contributed by atoms with E-state index in [1.807, 2.05) is 12.3 Å². The normalized spacial score (nSPS) is 12.6. The third-order valence-corrected chi connectivity index (χ3v) is 12.7. The molecule has 0 saturated heterocycles. The van der Waals surface area contributed by atoms with Crippen LogP contribution in [0.2, 0.25) is 0 Å². The van der Waals surface area contributed by atoms with E-state index in [9.17, 15) is 5.11 Å². The second kappa shape index (κ2) is 14.3. The maximum atomic E-state index is 12.3. The van der Waals surface area contributed by atoms with Crippen molar-refractivity contribution in [3.05, 3.63) is 180 Å². The quantitative estimate of drug-likeness (QED) is 0.182. The first-order chi connectivity index (χ1) is 29.7. The highest BCUT2D eigenvalue weighted by molar-refractivity contribution is 6.20. The van der Waals surface area contributed by atoms with Crippen molar-refractivity contribution in [2.24, 2.45) is 0 Å². The highest BCUT2D eigenvalue weighted by Crippen LogP contribution is 2.46. The summed E-state index contributed by atoms with van der Waals surface area (Å²) in [6.45, 7) is 17.7. The molecule has 306 valence electrons. The Balaban J connectivity index is 1.27. The van der Waals surface area contributed by atoms with Crippen LogP contribution >= 0.6 is 0 Å². The zero-order chi connectivity index (χ0) is 43.1. The number of phenols is 1. The van der Waals surface area contributed by atoms with Crippen LogP contribution in [-0.4, -0.2) is 19.6 Å². The number of para-hydroxylation sites is 2. The van der Waals surface area contributed by atoms with E-state index in [0.29, 0.717) is 11.4 Å². The number of hydrogen-bond acceptors (Lipinski definition) is 4. The molecule has 5 nitrogen and oxygen atoms in total. The van der Waals surface area contributed by atoms with Gasteiger partial charge in [0.25, 0.3) is 0 Å². The van der Waals surface area contributed by atoms with Crippen molar-refractivity contribution in [1.29, 1.82) is 0 Å². The minimum Gasteiger partial charge on any atom is -0.507 e. The first-order valence-corrected chi connectivity index (χ1v) is 21.5. The summed E-state index contributed by atoms with van der Waals surface area (Å²) >= 11 is 0. The molecular weight excluding hydrogens is 759 g/mol. The standard InChI is InChI=1S/C57H51N3O2/c1-55(2,3)39-33-45(52(61)46(34-39)56(4,5)6)54-59-51-43(24-17-25-47(51)60(54)41-21-13-10-14-22-41)36-30-37(32-40(31-36)57(7,8)38-19-11-9-12-20-38)50-53-44(28-29-58-50)49-42-23-16-15-18-35(42)26-27-48(49)62-53/h9-34,61H,1-8H3. The predicted molar refractivity (Wildman–Crippen MR) is 258 cm³/mol. The molecule has 1 N–H and O–H groups in total. The number of hydrogen-bond donors (Lipinski definition) is 1. The molecule has 62 heavy (non-hydrogen) atoms. The lowest BCUT2D eigenvalue weighted by Gasteiger charge is -2.27. The molecular formula is C57H51N3O2. The van der Waals surface area contributed by atoms with E-state index in [2.05, 4.69) is 206 Å². The summed E-state index contributed by atoms with van der Waals surface area (Å²) in [6.07, 6.45) is 1.90. The largest absolute Gasteiger partial charge is 0.507 e. The SMILES string of the molecule is CC(C)(C)c1cc(-c2nc3c(-c4cc(-c5nccc6c5oc5ccc7ccccc7c56)cc(C(C)(C)c5ccccc5)c4)cccc3n2-c2ccccc2)c(O)c(C(C)(C)C)c1. The molecule has 0 radical (unpaired) electrons. The smallest absolute Gasteiger partial charge is 0.161 e. The van der Waals surface area contributed by atoms with Crippen LogP contribution in [-0.2, 0) is 16.2 Å². The van der Waals surface area contributed by atoms with Gasteiger partial charge >= 0.3 is 0 Å². The molecule has 3 aromatic heterocycles. The summed E-state index contributed by atoms with van der Waals surface area (Å²) in [5.74, 6) is 0.945. The van der Waals surface area contributed by atoms with Gasteiger partial charge in [0.05, 0.1) is 16.6 Å². The molecule has 0 aliphatic heterocycles. The van der Waals surface area contributed by atoms with Crippen LogP contribution in [0.4, 0.5) is 0 Å².